The number of hydrazine groups is 1. The van der Waals surface area contributed by atoms with E-state index >= 15 is 0 Å². The number of rotatable bonds is 4. The van der Waals surface area contributed by atoms with Crippen LogP contribution in [0.25, 0.3) is 0 Å². The molecule has 0 radical (unpaired) electrons. The summed E-state index contributed by atoms with van der Waals surface area (Å²) in [5, 5.41) is 12.0. The monoisotopic (exact) mass is 392 g/mol. The van der Waals surface area contributed by atoms with Crippen molar-refractivity contribution in [2.45, 2.75) is 4.90 Å². The predicted molar refractivity (Wildman–Crippen MR) is 97.2 cm³/mol. The number of carbonyl (C=O) groups is 1. The third-order valence-corrected chi connectivity index (χ3v) is 5.57. The van der Waals surface area contributed by atoms with Crippen LogP contribution in [0.15, 0.2) is 63.9 Å². The van der Waals surface area contributed by atoms with E-state index in [1.165, 1.54) is 23.2 Å². The Kier molecular flexibility index (Phi) is 4.91. The summed E-state index contributed by atoms with van der Waals surface area (Å²) >= 11 is 0.936. The molecule has 0 aliphatic carbocycles. The van der Waals surface area contributed by atoms with Gasteiger partial charge in [-0.2, -0.15) is 8.42 Å². The maximum atomic E-state index is 12.4. The number of anilines is 1. The molecule has 2 aromatic carbocycles. The number of hydrogen-bond acceptors (Lipinski definition) is 6. The van der Waals surface area contributed by atoms with E-state index in [9.17, 15) is 23.3 Å². The zero-order chi connectivity index (χ0) is 18.7. The van der Waals surface area contributed by atoms with Gasteiger partial charge in [-0.25, -0.2) is 5.01 Å². The molecule has 0 saturated carbocycles. The molecule has 1 aliphatic rings. The van der Waals surface area contributed by atoms with Gasteiger partial charge >= 0.3 is 0 Å². The van der Waals surface area contributed by atoms with E-state index in [0.717, 1.165) is 17.8 Å². The summed E-state index contributed by atoms with van der Waals surface area (Å²) in [4.78, 5) is 21.9. The molecule has 1 N–H and O–H groups in total. The van der Waals surface area contributed by atoms with Gasteiger partial charge in [-0.15, -0.1) is 4.40 Å². The van der Waals surface area contributed by atoms with Crippen LogP contribution in [0.1, 0.15) is 0 Å². The van der Waals surface area contributed by atoms with Gasteiger partial charge in [-0.05, 0) is 18.2 Å². The van der Waals surface area contributed by atoms with Gasteiger partial charge in [-0.3, -0.25) is 20.3 Å². The van der Waals surface area contributed by atoms with Gasteiger partial charge in [0.25, 0.3) is 21.6 Å². The van der Waals surface area contributed by atoms with Crippen LogP contribution in [0.2, 0.25) is 0 Å². The van der Waals surface area contributed by atoms with E-state index in [-0.39, 0.29) is 27.4 Å². The number of nitro groups is 1. The normalized spacial score (nSPS) is 16.4. The number of carbonyl (C=O) groups excluding carboxylic acids is 1. The molecule has 0 spiro atoms. The van der Waals surface area contributed by atoms with E-state index < -0.39 is 14.9 Å². The average molecular weight is 392 g/mol. The van der Waals surface area contributed by atoms with Gasteiger partial charge < -0.3 is 0 Å². The van der Waals surface area contributed by atoms with Crippen molar-refractivity contribution < 1.29 is 18.1 Å². The first-order chi connectivity index (χ1) is 12.4. The Labute approximate surface area is 152 Å². The largest absolute Gasteiger partial charge is 0.285 e. The molecule has 1 saturated heterocycles. The number of nitro benzene ring substituents is 1. The Bertz CT molecular complexity index is 992. The van der Waals surface area contributed by atoms with Gasteiger partial charge in [0, 0.05) is 12.1 Å². The highest BCUT2D eigenvalue weighted by molar-refractivity contribution is 8.15. The summed E-state index contributed by atoms with van der Waals surface area (Å²) in [6.45, 7) is 0. The molecule has 0 unspecified atom stereocenters. The fourth-order valence-electron chi connectivity index (χ4n) is 2.14. The fourth-order valence-corrected chi connectivity index (χ4v) is 4.07. The van der Waals surface area contributed by atoms with Crippen molar-refractivity contribution >= 4 is 44.2 Å². The van der Waals surface area contributed by atoms with E-state index in [1.807, 2.05) is 0 Å². The third kappa shape index (κ3) is 3.83. The maximum absolute atomic E-state index is 12.4. The number of amidine groups is 1. The SMILES string of the molecule is O=C1CS/C(=N\S(=O)(=O)c2cccc([N+](=O)[O-])c2)NN1c1ccccc1. The number of hydrogen-bond donors (Lipinski definition) is 1. The molecular formula is C15H12N4O5S2. The number of nitrogens with one attached hydrogen (secondary N) is 1. The summed E-state index contributed by atoms with van der Waals surface area (Å²) < 4.78 is 28.5. The van der Waals surface area contributed by atoms with E-state index in [4.69, 9.17) is 0 Å². The number of benzene rings is 2. The highest BCUT2D eigenvalue weighted by Gasteiger charge is 2.26. The zero-order valence-electron chi connectivity index (χ0n) is 13.1. The number of nitrogens with zero attached hydrogens (tertiary/aromatic N) is 3. The molecule has 1 amide bonds. The highest BCUT2D eigenvalue weighted by Crippen LogP contribution is 2.22. The molecule has 9 nitrogen and oxygen atoms in total. The minimum Gasteiger partial charge on any atom is -0.272 e. The lowest BCUT2D eigenvalue weighted by Crippen LogP contribution is -2.50. The topological polar surface area (TPSA) is 122 Å². The molecule has 2 aromatic rings. The van der Waals surface area contributed by atoms with Gasteiger partial charge in [-0.1, -0.05) is 36.0 Å². The first kappa shape index (κ1) is 17.9. The van der Waals surface area contributed by atoms with E-state index in [0.29, 0.717) is 5.69 Å². The number of amides is 1. The summed E-state index contributed by atoms with van der Waals surface area (Å²) in [6.07, 6.45) is 0. The molecule has 134 valence electrons. The molecule has 26 heavy (non-hydrogen) atoms. The van der Waals surface area contributed by atoms with Gasteiger partial charge in [0.2, 0.25) is 0 Å². The Morgan fingerprint density at radius 2 is 1.88 bits per heavy atom. The highest BCUT2D eigenvalue weighted by atomic mass is 32.2. The lowest BCUT2D eigenvalue weighted by molar-refractivity contribution is -0.385. The van der Waals surface area contributed by atoms with Gasteiger partial charge in [0.15, 0.2) is 5.17 Å². The zero-order valence-corrected chi connectivity index (χ0v) is 14.7. The van der Waals surface area contributed by atoms with Crippen LogP contribution < -0.4 is 10.4 Å². The van der Waals surface area contributed by atoms with Crippen LogP contribution in [0.5, 0.6) is 0 Å². The molecule has 1 fully saturated rings. The molecular weight excluding hydrogens is 380 g/mol. The average Bonchev–Trinajstić information content (AvgIpc) is 2.64. The van der Waals surface area contributed by atoms with Gasteiger partial charge in [0.1, 0.15) is 0 Å². The van der Waals surface area contributed by atoms with Crippen molar-refractivity contribution in [3.8, 4) is 0 Å². The van der Waals surface area contributed by atoms with Crippen molar-refractivity contribution in [3.05, 3.63) is 64.7 Å². The van der Waals surface area contributed by atoms with Crippen molar-refractivity contribution in [3.63, 3.8) is 0 Å². The number of para-hydroxylation sites is 1. The van der Waals surface area contributed by atoms with Gasteiger partial charge in [0.05, 0.1) is 21.3 Å². The van der Waals surface area contributed by atoms with Crippen LogP contribution in [0, 0.1) is 10.1 Å². The summed E-state index contributed by atoms with van der Waals surface area (Å²) in [5.74, 6) is -0.251. The first-order valence-electron chi connectivity index (χ1n) is 7.24. The quantitative estimate of drug-likeness (QED) is 0.623. The number of sulfonamides is 1. The maximum Gasteiger partial charge on any atom is 0.285 e. The van der Waals surface area contributed by atoms with Crippen molar-refractivity contribution in [2.24, 2.45) is 4.40 Å². The van der Waals surface area contributed by atoms with Crippen LogP contribution >= 0.6 is 11.8 Å². The van der Waals surface area contributed by atoms with Crippen LogP contribution in [-0.2, 0) is 14.8 Å². The second-order valence-corrected chi connectivity index (χ2v) is 7.66. The lowest BCUT2D eigenvalue weighted by Gasteiger charge is -2.28. The molecule has 0 bridgehead atoms. The van der Waals surface area contributed by atoms with E-state index in [2.05, 4.69) is 9.82 Å². The molecule has 3 rings (SSSR count). The second-order valence-electron chi connectivity index (χ2n) is 5.09. The van der Waals surface area contributed by atoms with Crippen LogP contribution in [0.3, 0.4) is 0 Å². The number of non-ortho nitro benzene ring substituents is 1. The molecule has 0 atom stereocenters. The van der Waals surface area contributed by atoms with Crippen molar-refractivity contribution in [2.75, 3.05) is 10.8 Å². The summed E-state index contributed by atoms with van der Waals surface area (Å²) in [5.41, 5.74) is 2.86. The smallest absolute Gasteiger partial charge is 0.272 e. The Morgan fingerprint density at radius 1 is 1.15 bits per heavy atom. The minimum absolute atomic E-state index is 0.0000378. The standard InChI is InChI=1S/C15H12N4O5S2/c20-14-10-25-15(16-18(14)11-5-2-1-3-6-11)17-26(23,24)13-8-4-7-12(9-13)19(21)22/h1-9H,10H2,(H,16,17). The third-order valence-electron chi connectivity index (χ3n) is 3.33. The minimum atomic E-state index is -4.18. The van der Waals surface area contributed by atoms with Crippen LogP contribution in [0.4, 0.5) is 11.4 Å². The van der Waals surface area contributed by atoms with E-state index in [1.54, 1.807) is 30.3 Å². The van der Waals surface area contributed by atoms with Crippen LogP contribution in [-0.4, -0.2) is 30.2 Å². The fraction of sp³-hybridized carbons (Fsp3) is 0.0667. The predicted octanol–water partition coefficient (Wildman–Crippen LogP) is 1.92. The molecule has 0 aromatic heterocycles. The molecule has 1 aliphatic heterocycles. The second kappa shape index (κ2) is 7.14. The number of thioether (sulfide) groups is 1. The first-order valence-corrected chi connectivity index (χ1v) is 9.66. The van der Waals surface area contributed by atoms with Crippen molar-refractivity contribution in [1.29, 1.82) is 0 Å². The lowest BCUT2D eigenvalue weighted by atomic mass is 10.3. The Balaban J connectivity index is 1.90. The molecule has 1 heterocycles. The summed E-state index contributed by atoms with van der Waals surface area (Å²) in [7, 11) is -4.18. The molecule has 11 heteroatoms. The van der Waals surface area contributed by atoms with Crippen molar-refractivity contribution in [1.82, 2.24) is 5.43 Å². The Hall–Kier alpha value is -2.92. The Morgan fingerprint density at radius 3 is 2.58 bits per heavy atom. The summed E-state index contributed by atoms with van der Waals surface area (Å²) in [6, 6.07) is 13.3.